The Morgan fingerprint density at radius 2 is 1.80 bits per heavy atom. The first-order valence-electron chi connectivity index (χ1n) is 15.0. The molecule has 2 aromatic carbocycles. The van der Waals surface area contributed by atoms with Crippen LogP contribution >= 0.6 is 0 Å². The van der Waals surface area contributed by atoms with Gasteiger partial charge in [-0.2, -0.15) is 5.10 Å². The molecule has 0 amide bonds. The van der Waals surface area contributed by atoms with Gasteiger partial charge in [-0.25, -0.2) is 0 Å². The predicted molar refractivity (Wildman–Crippen MR) is 170 cm³/mol. The number of fused-ring (bicyclic) bond motifs is 2. The minimum Gasteiger partial charge on any atom is -0.501 e. The number of carbonyl (C=O) groups excluding carboxylic acids is 1. The van der Waals surface area contributed by atoms with Gasteiger partial charge in [0, 0.05) is 29.5 Å². The molecule has 45 heavy (non-hydrogen) atoms. The molecular formula is C36H38N2O7. The second-order valence-electron chi connectivity index (χ2n) is 11.4. The third-order valence-electron chi connectivity index (χ3n) is 8.67. The number of aromatic nitrogens is 2. The zero-order chi connectivity index (χ0) is 31.6. The van der Waals surface area contributed by atoms with Gasteiger partial charge in [-0.05, 0) is 36.1 Å². The quantitative estimate of drug-likeness (QED) is 0.238. The van der Waals surface area contributed by atoms with E-state index in [-0.39, 0.29) is 29.6 Å². The molecule has 0 aliphatic heterocycles. The van der Waals surface area contributed by atoms with Crippen molar-refractivity contribution in [2.24, 2.45) is 5.92 Å². The van der Waals surface area contributed by atoms with Crippen LogP contribution in [-0.2, 0) is 16.1 Å². The molecule has 6 rings (SSSR count). The number of rotatable bonds is 13. The molecule has 9 nitrogen and oxygen atoms in total. The summed E-state index contributed by atoms with van der Waals surface area (Å²) >= 11 is 0. The Morgan fingerprint density at radius 1 is 1.04 bits per heavy atom. The molecule has 3 atom stereocenters. The van der Waals surface area contributed by atoms with Crippen LogP contribution in [0.15, 0.2) is 78.1 Å². The Hall–Kier alpha value is -4.60. The largest absolute Gasteiger partial charge is 0.501 e. The van der Waals surface area contributed by atoms with Gasteiger partial charge in [-0.15, -0.1) is 0 Å². The summed E-state index contributed by atoms with van der Waals surface area (Å²) in [5.74, 6) is 1.84. The van der Waals surface area contributed by atoms with Crippen molar-refractivity contribution in [2.75, 3.05) is 35.0 Å². The molecule has 3 aromatic rings. The molecule has 0 saturated heterocycles. The number of ketones is 1. The number of carbonyl (C=O) groups is 1. The molecule has 1 heterocycles. The standard InChI is InChI=1S/C36H38N2O7/c1-41-28-11-8-12-29-30(19-28)38(37-33(29)34(40)25-17-31(42-2)35(44-4)32(18-25)43-3)27(21-39)16-24-13-14-36(20-26(36)15-24)45-22-23-9-6-5-7-10-23/h5-10,12-15,17-19,26-27,39H,11,16,20-22H2,1-4H3. The summed E-state index contributed by atoms with van der Waals surface area (Å²) in [6.07, 6.45) is 14.2. The number of benzene rings is 2. The lowest BCUT2D eigenvalue weighted by molar-refractivity contribution is 0.0456. The van der Waals surface area contributed by atoms with Crippen LogP contribution in [0.25, 0.3) is 12.2 Å². The molecule has 3 aliphatic carbocycles. The molecule has 234 valence electrons. The lowest BCUT2D eigenvalue weighted by atomic mass is 9.98. The predicted octanol–water partition coefficient (Wildman–Crippen LogP) is 5.94. The fourth-order valence-electron chi connectivity index (χ4n) is 6.09. The van der Waals surface area contributed by atoms with Crippen molar-refractivity contribution in [1.82, 2.24) is 9.78 Å². The summed E-state index contributed by atoms with van der Waals surface area (Å²) in [6, 6.07) is 13.0. The Balaban J connectivity index is 1.30. The number of aliphatic hydroxyl groups is 1. The van der Waals surface area contributed by atoms with E-state index in [2.05, 4.69) is 30.4 Å². The van der Waals surface area contributed by atoms with E-state index < -0.39 is 6.04 Å². The molecule has 0 radical (unpaired) electrons. The molecule has 0 bridgehead atoms. The molecule has 3 aliphatic rings. The molecule has 3 unspecified atom stereocenters. The van der Waals surface area contributed by atoms with E-state index in [4.69, 9.17) is 28.8 Å². The van der Waals surface area contributed by atoms with Crippen LogP contribution in [0.1, 0.15) is 58.2 Å². The molecular weight excluding hydrogens is 572 g/mol. The van der Waals surface area contributed by atoms with Gasteiger partial charge < -0.3 is 28.8 Å². The summed E-state index contributed by atoms with van der Waals surface area (Å²) in [5.41, 5.74) is 3.92. The second-order valence-corrected chi connectivity index (χ2v) is 11.4. The smallest absolute Gasteiger partial charge is 0.214 e. The van der Waals surface area contributed by atoms with E-state index in [1.165, 1.54) is 21.3 Å². The second kappa shape index (κ2) is 12.8. The third kappa shape index (κ3) is 5.93. The van der Waals surface area contributed by atoms with Crippen molar-refractivity contribution in [3.05, 3.63) is 106 Å². The van der Waals surface area contributed by atoms with Gasteiger partial charge in [0.05, 0.1) is 59.0 Å². The number of aliphatic hydroxyl groups excluding tert-OH is 1. The molecule has 1 N–H and O–H groups in total. The number of nitrogens with zero attached hydrogens (tertiary/aromatic N) is 2. The number of allylic oxidation sites excluding steroid dienone is 3. The minimum absolute atomic E-state index is 0.169. The van der Waals surface area contributed by atoms with Crippen molar-refractivity contribution >= 4 is 17.9 Å². The molecule has 0 spiro atoms. The average molecular weight is 611 g/mol. The van der Waals surface area contributed by atoms with E-state index in [1.54, 1.807) is 23.9 Å². The summed E-state index contributed by atoms with van der Waals surface area (Å²) in [4.78, 5) is 14.1. The van der Waals surface area contributed by atoms with Gasteiger partial charge in [0.25, 0.3) is 0 Å². The van der Waals surface area contributed by atoms with Crippen molar-refractivity contribution in [1.29, 1.82) is 0 Å². The van der Waals surface area contributed by atoms with Crippen LogP contribution in [-0.4, -0.2) is 61.3 Å². The SMILES string of the molecule is COC1=Cc2c(c(C(=O)c3cc(OC)c(OC)c(OC)c3)nn2C(CO)CC2=CC3CC3(OCc3ccccc3)C=C2)C=CC1. The molecule has 1 saturated carbocycles. The highest BCUT2D eigenvalue weighted by Crippen LogP contribution is 2.53. The maximum absolute atomic E-state index is 14.1. The maximum atomic E-state index is 14.1. The first-order valence-corrected chi connectivity index (χ1v) is 15.0. The van der Waals surface area contributed by atoms with E-state index in [1.807, 2.05) is 36.4 Å². The van der Waals surface area contributed by atoms with Crippen molar-refractivity contribution in [2.45, 2.75) is 37.5 Å². The van der Waals surface area contributed by atoms with Gasteiger partial charge in [-0.3, -0.25) is 9.48 Å². The summed E-state index contributed by atoms with van der Waals surface area (Å²) < 4.78 is 30.1. The Bertz CT molecular complexity index is 1680. The first kappa shape index (κ1) is 30.4. The zero-order valence-corrected chi connectivity index (χ0v) is 26.0. The summed E-state index contributed by atoms with van der Waals surface area (Å²) in [5, 5.41) is 15.5. The summed E-state index contributed by atoms with van der Waals surface area (Å²) in [7, 11) is 6.15. The Morgan fingerprint density at radius 3 is 2.44 bits per heavy atom. The van der Waals surface area contributed by atoms with Crippen LogP contribution < -0.4 is 14.2 Å². The monoisotopic (exact) mass is 610 g/mol. The van der Waals surface area contributed by atoms with Crippen LogP contribution in [0.3, 0.4) is 0 Å². The number of hydrogen-bond donors (Lipinski definition) is 1. The van der Waals surface area contributed by atoms with Crippen molar-refractivity contribution < 1.29 is 33.6 Å². The van der Waals surface area contributed by atoms with Gasteiger partial charge in [-0.1, -0.05) is 60.7 Å². The van der Waals surface area contributed by atoms with Crippen LogP contribution in [0, 0.1) is 5.92 Å². The maximum Gasteiger partial charge on any atom is 0.214 e. The highest BCUT2D eigenvalue weighted by molar-refractivity contribution is 6.11. The fourth-order valence-corrected chi connectivity index (χ4v) is 6.09. The first-order chi connectivity index (χ1) is 21.9. The van der Waals surface area contributed by atoms with Crippen LogP contribution in [0.2, 0.25) is 0 Å². The number of methoxy groups -OCH3 is 4. The third-order valence-corrected chi connectivity index (χ3v) is 8.67. The number of hydrogen-bond acceptors (Lipinski definition) is 8. The normalized spacial score (nSPS) is 20.2. The summed E-state index contributed by atoms with van der Waals surface area (Å²) in [6.45, 7) is 0.394. The Kier molecular flexibility index (Phi) is 8.65. The van der Waals surface area contributed by atoms with E-state index in [9.17, 15) is 9.90 Å². The van der Waals surface area contributed by atoms with Crippen LogP contribution in [0.4, 0.5) is 0 Å². The van der Waals surface area contributed by atoms with Gasteiger partial charge in [0.2, 0.25) is 11.5 Å². The topological polar surface area (TPSA) is 101 Å². The highest BCUT2D eigenvalue weighted by atomic mass is 16.5. The van der Waals surface area contributed by atoms with Gasteiger partial charge in [0.15, 0.2) is 11.5 Å². The Labute approximate surface area is 263 Å². The lowest BCUT2D eigenvalue weighted by Gasteiger charge is -2.21. The molecule has 1 fully saturated rings. The highest BCUT2D eigenvalue weighted by Gasteiger charge is 2.53. The minimum atomic E-state index is -0.423. The van der Waals surface area contributed by atoms with Gasteiger partial charge in [0.1, 0.15) is 11.5 Å². The van der Waals surface area contributed by atoms with Crippen molar-refractivity contribution in [3.63, 3.8) is 0 Å². The fraction of sp³-hybridized carbons (Fsp3) is 0.333. The van der Waals surface area contributed by atoms with Crippen LogP contribution in [0.5, 0.6) is 17.2 Å². The average Bonchev–Trinajstić information content (AvgIpc) is 3.76. The zero-order valence-electron chi connectivity index (χ0n) is 26.0. The molecule has 9 heteroatoms. The van der Waals surface area contributed by atoms with E-state index in [0.29, 0.717) is 53.5 Å². The number of ether oxygens (including phenoxy) is 5. The van der Waals surface area contributed by atoms with Crippen molar-refractivity contribution in [3.8, 4) is 17.2 Å². The molecule has 1 aromatic heterocycles. The van der Waals surface area contributed by atoms with Gasteiger partial charge >= 0.3 is 0 Å². The van der Waals surface area contributed by atoms with E-state index in [0.717, 1.165) is 23.3 Å². The van der Waals surface area contributed by atoms with E-state index >= 15 is 0 Å². The lowest BCUT2D eigenvalue weighted by Crippen LogP contribution is -2.20.